The van der Waals surface area contributed by atoms with E-state index in [1.165, 1.54) is 23.9 Å². The lowest BCUT2D eigenvalue weighted by Gasteiger charge is -2.18. The minimum absolute atomic E-state index is 0.00553. The van der Waals surface area contributed by atoms with E-state index in [1.807, 2.05) is 24.3 Å². The van der Waals surface area contributed by atoms with Crippen LogP contribution in [0, 0.1) is 10.1 Å². The van der Waals surface area contributed by atoms with Crippen LogP contribution in [0.2, 0.25) is 0 Å². The summed E-state index contributed by atoms with van der Waals surface area (Å²) in [6.07, 6.45) is 1.66. The summed E-state index contributed by atoms with van der Waals surface area (Å²) in [7, 11) is 0. The predicted octanol–water partition coefficient (Wildman–Crippen LogP) is 3.68. The lowest BCUT2D eigenvalue weighted by molar-refractivity contribution is -0.384. The molecule has 2 aromatic rings. The number of rotatable bonds is 2. The maximum atomic E-state index is 12.0. The summed E-state index contributed by atoms with van der Waals surface area (Å²) >= 11 is 1.35. The fourth-order valence-electron chi connectivity index (χ4n) is 1.98. The molecule has 104 valence electrons. The molecule has 0 saturated heterocycles. The van der Waals surface area contributed by atoms with Gasteiger partial charge in [0.15, 0.2) is 0 Å². The fourth-order valence-corrected chi connectivity index (χ4v) is 2.93. The van der Waals surface area contributed by atoms with Gasteiger partial charge in [-0.3, -0.25) is 14.9 Å². The van der Waals surface area contributed by atoms with Gasteiger partial charge < -0.3 is 5.32 Å². The number of anilines is 1. The molecular formula is C15H10N2O3S. The Morgan fingerprint density at radius 2 is 1.95 bits per heavy atom. The topological polar surface area (TPSA) is 72.2 Å². The number of benzene rings is 2. The third-order valence-electron chi connectivity index (χ3n) is 2.96. The molecule has 2 aromatic carbocycles. The van der Waals surface area contributed by atoms with E-state index in [9.17, 15) is 14.9 Å². The normalized spacial score (nSPS) is 15.4. The standard InChI is InChI=1S/C15H10N2O3S/c18-15-14(21-13-7-2-1-6-12(13)16-15)9-10-4-3-5-11(8-10)17(19)20/h1-9H,(H,16,18)/b14-9-. The van der Waals surface area contributed by atoms with Crippen molar-refractivity contribution in [2.24, 2.45) is 0 Å². The summed E-state index contributed by atoms with van der Waals surface area (Å²) in [6.45, 7) is 0. The highest BCUT2D eigenvalue weighted by Gasteiger charge is 2.20. The van der Waals surface area contributed by atoms with Gasteiger partial charge in [-0.05, 0) is 23.8 Å². The highest BCUT2D eigenvalue weighted by molar-refractivity contribution is 8.04. The summed E-state index contributed by atoms with van der Waals surface area (Å²) in [6, 6.07) is 13.7. The summed E-state index contributed by atoms with van der Waals surface area (Å²) in [4.78, 5) is 23.8. The van der Waals surface area contributed by atoms with Crippen LogP contribution in [-0.2, 0) is 4.79 Å². The number of hydrogen-bond donors (Lipinski definition) is 1. The number of fused-ring (bicyclic) bond motifs is 1. The number of para-hydroxylation sites is 1. The van der Waals surface area contributed by atoms with Crippen molar-refractivity contribution in [1.82, 2.24) is 0 Å². The lowest BCUT2D eigenvalue weighted by Crippen LogP contribution is -2.17. The molecule has 1 aliphatic heterocycles. The third-order valence-corrected chi connectivity index (χ3v) is 4.06. The number of non-ortho nitro benzene ring substituents is 1. The molecule has 5 nitrogen and oxygen atoms in total. The zero-order chi connectivity index (χ0) is 14.8. The van der Waals surface area contributed by atoms with Crippen LogP contribution in [0.25, 0.3) is 6.08 Å². The van der Waals surface area contributed by atoms with Crippen LogP contribution in [0.3, 0.4) is 0 Å². The van der Waals surface area contributed by atoms with E-state index in [0.29, 0.717) is 10.5 Å². The van der Waals surface area contributed by atoms with Crippen molar-refractivity contribution in [2.45, 2.75) is 4.90 Å². The molecule has 0 radical (unpaired) electrons. The van der Waals surface area contributed by atoms with Crippen LogP contribution in [0.1, 0.15) is 5.56 Å². The molecule has 0 aliphatic carbocycles. The molecule has 1 N–H and O–H groups in total. The Balaban J connectivity index is 1.95. The Bertz CT molecular complexity index is 771. The van der Waals surface area contributed by atoms with Gasteiger partial charge in [-0.1, -0.05) is 36.0 Å². The molecule has 0 aromatic heterocycles. The van der Waals surface area contributed by atoms with Crippen molar-refractivity contribution in [3.05, 3.63) is 69.1 Å². The SMILES string of the molecule is O=C1Nc2ccccc2S/C1=C\c1cccc([N+](=O)[O-])c1. The maximum Gasteiger partial charge on any atom is 0.270 e. The number of nitrogens with zero attached hydrogens (tertiary/aromatic N) is 1. The molecular weight excluding hydrogens is 288 g/mol. The molecule has 1 aliphatic rings. The number of nitro groups is 1. The number of hydrogen-bond acceptors (Lipinski definition) is 4. The zero-order valence-corrected chi connectivity index (χ0v) is 11.6. The van der Waals surface area contributed by atoms with Crippen molar-refractivity contribution in [1.29, 1.82) is 0 Å². The monoisotopic (exact) mass is 298 g/mol. The average Bonchev–Trinajstić information content (AvgIpc) is 2.48. The highest BCUT2D eigenvalue weighted by Crippen LogP contribution is 2.38. The van der Waals surface area contributed by atoms with E-state index in [4.69, 9.17) is 0 Å². The number of thioether (sulfide) groups is 1. The van der Waals surface area contributed by atoms with Crippen molar-refractivity contribution in [2.75, 3.05) is 5.32 Å². The quantitative estimate of drug-likeness (QED) is 0.521. The third kappa shape index (κ3) is 2.80. The van der Waals surface area contributed by atoms with E-state index in [2.05, 4.69) is 5.32 Å². The molecule has 0 spiro atoms. The van der Waals surface area contributed by atoms with E-state index in [1.54, 1.807) is 18.2 Å². The summed E-state index contributed by atoms with van der Waals surface area (Å²) in [5.41, 5.74) is 1.41. The Kier molecular flexibility index (Phi) is 3.45. The Labute approximate surface area is 124 Å². The largest absolute Gasteiger partial charge is 0.320 e. The van der Waals surface area contributed by atoms with Crippen LogP contribution in [0.4, 0.5) is 11.4 Å². The molecule has 6 heteroatoms. The summed E-state index contributed by atoms with van der Waals surface area (Å²) < 4.78 is 0. The molecule has 3 rings (SSSR count). The number of carbonyl (C=O) groups excluding carboxylic acids is 1. The average molecular weight is 298 g/mol. The van der Waals surface area contributed by atoms with Crippen molar-refractivity contribution in [3.63, 3.8) is 0 Å². The van der Waals surface area contributed by atoms with Gasteiger partial charge in [0.2, 0.25) is 0 Å². The van der Waals surface area contributed by atoms with Crippen molar-refractivity contribution >= 4 is 35.1 Å². The minimum atomic E-state index is -0.453. The lowest BCUT2D eigenvalue weighted by atomic mass is 10.2. The first kappa shape index (κ1) is 13.4. The van der Waals surface area contributed by atoms with Gasteiger partial charge in [-0.2, -0.15) is 0 Å². The molecule has 21 heavy (non-hydrogen) atoms. The molecule has 0 bridgehead atoms. The number of amides is 1. The van der Waals surface area contributed by atoms with E-state index >= 15 is 0 Å². The van der Waals surface area contributed by atoms with Gasteiger partial charge >= 0.3 is 0 Å². The van der Waals surface area contributed by atoms with Crippen molar-refractivity contribution < 1.29 is 9.72 Å². The van der Waals surface area contributed by atoms with Crippen LogP contribution in [-0.4, -0.2) is 10.8 Å². The van der Waals surface area contributed by atoms with E-state index in [-0.39, 0.29) is 11.6 Å². The minimum Gasteiger partial charge on any atom is -0.320 e. The summed E-state index contributed by atoms with van der Waals surface area (Å²) in [5.74, 6) is -0.204. The second-order valence-corrected chi connectivity index (χ2v) is 5.50. The van der Waals surface area contributed by atoms with Gasteiger partial charge in [0.1, 0.15) is 0 Å². The number of nitro benzene ring substituents is 1. The first-order valence-corrected chi connectivity index (χ1v) is 6.99. The van der Waals surface area contributed by atoms with E-state index < -0.39 is 4.92 Å². The smallest absolute Gasteiger partial charge is 0.270 e. The summed E-state index contributed by atoms with van der Waals surface area (Å²) in [5, 5.41) is 13.6. The van der Waals surface area contributed by atoms with Gasteiger partial charge in [-0.25, -0.2) is 0 Å². The molecule has 0 unspecified atom stereocenters. The van der Waals surface area contributed by atoms with Crippen LogP contribution in [0.5, 0.6) is 0 Å². The van der Waals surface area contributed by atoms with Gasteiger partial charge in [0, 0.05) is 17.0 Å². The van der Waals surface area contributed by atoms with Gasteiger partial charge in [0.25, 0.3) is 11.6 Å². The Morgan fingerprint density at radius 3 is 2.76 bits per heavy atom. The maximum absolute atomic E-state index is 12.0. The van der Waals surface area contributed by atoms with Gasteiger partial charge in [0.05, 0.1) is 15.5 Å². The van der Waals surface area contributed by atoms with E-state index in [0.717, 1.165) is 10.6 Å². The Morgan fingerprint density at radius 1 is 1.14 bits per heavy atom. The zero-order valence-electron chi connectivity index (χ0n) is 10.8. The van der Waals surface area contributed by atoms with Crippen LogP contribution >= 0.6 is 11.8 Å². The highest BCUT2D eigenvalue weighted by atomic mass is 32.2. The molecule has 0 saturated carbocycles. The van der Waals surface area contributed by atoms with Crippen LogP contribution in [0.15, 0.2) is 58.3 Å². The predicted molar refractivity (Wildman–Crippen MR) is 82.0 cm³/mol. The van der Waals surface area contributed by atoms with Crippen LogP contribution < -0.4 is 5.32 Å². The molecule has 0 fully saturated rings. The molecule has 0 atom stereocenters. The fraction of sp³-hybridized carbons (Fsp3) is 0. The molecule has 1 heterocycles. The first-order valence-electron chi connectivity index (χ1n) is 6.18. The number of carbonyl (C=O) groups is 1. The van der Waals surface area contributed by atoms with Gasteiger partial charge in [-0.15, -0.1) is 0 Å². The van der Waals surface area contributed by atoms with Crippen molar-refractivity contribution in [3.8, 4) is 0 Å². The second kappa shape index (κ2) is 5.41. The first-order chi connectivity index (χ1) is 10.1. The number of nitrogens with one attached hydrogen (secondary N) is 1. The molecule has 1 amide bonds. The Hall–Kier alpha value is -2.60. The second-order valence-electron chi connectivity index (χ2n) is 4.41.